The molecule has 0 unspecified atom stereocenters. The predicted octanol–water partition coefficient (Wildman–Crippen LogP) is 2.18. The van der Waals surface area contributed by atoms with Crippen LogP contribution in [0.4, 0.5) is 5.82 Å². The highest BCUT2D eigenvalue weighted by atomic mass is 16.5. The van der Waals surface area contributed by atoms with Gasteiger partial charge in [-0.3, -0.25) is 4.90 Å². The number of hydrogen-bond acceptors (Lipinski definition) is 6. The van der Waals surface area contributed by atoms with Crippen LogP contribution in [0, 0.1) is 25.2 Å². The Morgan fingerprint density at radius 2 is 2.23 bits per heavy atom. The molecule has 2 atom stereocenters. The molecule has 0 radical (unpaired) electrons. The average Bonchev–Trinajstić information content (AvgIpc) is 3.04. The second-order valence-corrected chi connectivity index (χ2v) is 6.71. The summed E-state index contributed by atoms with van der Waals surface area (Å²) in [5, 5.41) is 12.8. The van der Waals surface area contributed by atoms with Crippen LogP contribution in [0.3, 0.4) is 0 Å². The van der Waals surface area contributed by atoms with Gasteiger partial charge in [0, 0.05) is 32.0 Å². The molecule has 2 aromatic rings. The minimum absolute atomic E-state index is 0.0479. The smallest absolute Gasteiger partial charge is 0.144 e. The lowest BCUT2D eigenvalue weighted by Crippen LogP contribution is -2.48. The van der Waals surface area contributed by atoms with Gasteiger partial charge in [0.05, 0.1) is 36.3 Å². The number of ether oxygens (including phenoxy) is 1. The van der Waals surface area contributed by atoms with Crippen LogP contribution in [0.2, 0.25) is 0 Å². The lowest BCUT2D eigenvalue weighted by molar-refractivity contribution is -0.0661. The topological polar surface area (TPSA) is 79.0 Å². The summed E-state index contributed by atoms with van der Waals surface area (Å²) in [4.78, 5) is 11.2. The molecule has 0 aliphatic carbocycles. The van der Waals surface area contributed by atoms with Gasteiger partial charge >= 0.3 is 0 Å². The first-order valence-electron chi connectivity index (χ1n) is 8.99. The first-order valence-corrected chi connectivity index (χ1v) is 8.99. The summed E-state index contributed by atoms with van der Waals surface area (Å²) in [6, 6.07) is 4.30. The zero-order chi connectivity index (χ0) is 18.7. The lowest BCUT2D eigenvalue weighted by Gasteiger charge is -2.40. The molecule has 3 heterocycles. The highest BCUT2D eigenvalue weighted by molar-refractivity contribution is 5.56. The number of imidazole rings is 1. The van der Waals surface area contributed by atoms with Gasteiger partial charge in [-0.05, 0) is 32.0 Å². The van der Waals surface area contributed by atoms with Gasteiger partial charge in [-0.15, -0.1) is 0 Å². The average molecular weight is 354 g/mol. The Morgan fingerprint density at radius 1 is 1.42 bits per heavy atom. The molecule has 0 saturated carbocycles. The fourth-order valence-corrected chi connectivity index (χ4v) is 3.65. The third kappa shape index (κ3) is 3.57. The van der Waals surface area contributed by atoms with Crippen molar-refractivity contribution in [3.63, 3.8) is 0 Å². The van der Waals surface area contributed by atoms with Crippen LogP contribution in [0.5, 0.6) is 0 Å². The highest BCUT2D eigenvalue weighted by Crippen LogP contribution is 2.29. The zero-order valence-electron chi connectivity index (χ0n) is 15.9. The number of nitriles is 1. The van der Waals surface area contributed by atoms with E-state index in [2.05, 4.69) is 33.2 Å². The molecule has 1 saturated heterocycles. The minimum atomic E-state index is -0.0479. The number of aromatic nitrogens is 3. The third-order valence-electron chi connectivity index (χ3n) is 4.95. The van der Waals surface area contributed by atoms with E-state index in [1.165, 1.54) is 0 Å². The van der Waals surface area contributed by atoms with E-state index in [0.29, 0.717) is 24.5 Å². The quantitative estimate of drug-likeness (QED) is 0.887. The molecule has 0 bridgehead atoms. The van der Waals surface area contributed by atoms with E-state index in [0.717, 1.165) is 30.0 Å². The van der Waals surface area contributed by atoms with Crippen LogP contribution in [0.15, 0.2) is 18.6 Å². The summed E-state index contributed by atoms with van der Waals surface area (Å²) >= 11 is 0. The van der Waals surface area contributed by atoms with Crippen LogP contribution in [-0.4, -0.2) is 51.8 Å². The Hall–Kier alpha value is -2.43. The van der Waals surface area contributed by atoms with Crippen LogP contribution in [0.1, 0.15) is 35.5 Å². The largest absolute Gasteiger partial charge is 0.373 e. The first-order chi connectivity index (χ1) is 12.5. The standard InChI is InChI=1S/C19H26N6O/c1-5-25-6-7-26-17(18(25)16-10-21-12-24(16)4)11-22-19-15(9-20)13(2)8-14(3)23-19/h8,10,12,17-18H,5-7,11H2,1-4H3,(H,22,23)/t17-,18-/m0/s1. The van der Waals surface area contributed by atoms with Gasteiger partial charge in [0.25, 0.3) is 0 Å². The van der Waals surface area contributed by atoms with Crippen molar-refractivity contribution >= 4 is 5.82 Å². The molecule has 138 valence electrons. The summed E-state index contributed by atoms with van der Waals surface area (Å²) in [6.45, 7) is 9.16. The molecular weight excluding hydrogens is 328 g/mol. The van der Waals surface area contributed by atoms with Crippen LogP contribution in [-0.2, 0) is 11.8 Å². The fourth-order valence-electron chi connectivity index (χ4n) is 3.65. The molecular formula is C19H26N6O. The number of hydrogen-bond donors (Lipinski definition) is 1. The number of nitrogens with one attached hydrogen (secondary N) is 1. The molecule has 0 spiro atoms. The molecule has 1 N–H and O–H groups in total. The minimum Gasteiger partial charge on any atom is -0.373 e. The Balaban J connectivity index is 1.84. The first kappa shape index (κ1) is 18.4. The molecule has 26 heavy (non-hydrogen) atoms. The summed E-state index contributed by atoms with van der Waals surface area (Å²) < 4.78 is 8.15. The van der Waals surface area contributed by atoms with Crippen molar-refractivity contribution in [3.05, 3.63) is 41.1 Å². The molecule has 7 nitrogen and oxygen atoms in total. The second kappa shape index (κ2) is 7.85. The van der Waals surface area contributed by atoms with Crippen molar-refractivity contribution in [2.45, 2.75) is 32.9 Å². The number of morpholine rings is 1. The highest BCUT2D eigenvalue weighted by Gasteiger charge is 2.34. The maximum atomic E-state index is 9.46. The maximum absolute atomic E-state index is 9.46. The number of anilines is 1. The number of nitrogens with zero attached hydrogens (tertiary/aromatic N) is 5. The van der Waals surface area contributed by atoms with Crippen LogP contribution < -0.4 is 5.32 Å². The monoisotopic (exact) mass is 354 g/mol. The van der Waals surface area contributed by atoms with Crippen LogP contribution in [0.25, 0.3) is 0 Å². The number of rotatable bonds is 5. The number of likely N-dealkylation sites (N-methyl/N-ethyl adjacent to an activating group) is 1. The zero-order valence-corrected chi connectivity index (χ0v) is 15.9. The fraction of sp³-hybridized carbons (Fsp3) is 0.526. The van der Waals surface area contributed by atoms with Gasteiger partial charge in [-0.1, -0.05) is 6.92 Å². The lowest BCUT2D eigenvalue weighted by atomic mass is 10.0. The van der Waals surface area contributed by atoms with E-state index in [-0.39, 0.29) is 12.1 Å². The van der Waals surface area contributed by atoms with Crippen molar-refractivity contribution in [1.82, 2.24) is 19.4 Å². The summed E-state index contributed by atoms with van der Waals surface area (Å²) in [5.41, 5.74) is 3.56. The van der Waals surface area contributed by atoms with E-state index in [9.17, 15) is 5.26 Å². The van der Waals surface area contributed by atoms with Gasteiger partial charge in [0.15, 0.2) is 0 Å². The molecule has 2 aromatic heterocycles. The Morgan fingerprint density at radius 3 is 2.88 bits per heavy atom. The van der Waals surface area contributed by atoms with E-state index >= 15 is 0 Å². The molecule has 7 heteroatoms. The van der Waals surface area contributed by atoms with Gasteiger partial charge < -0.3 is 14.6 Å². The van der Waals surface area contributed by atoms with Crippen molar-refractivity contribution < 1.29 is 4.74 Å². The summed E-state index contributed by atoms with van der Waals surface area (Å²) in [6.07, 6.45) is 3.68. The second-order valence-electron chi connectivity index (χ2n) is 6.71. The SMILES string of the molecule is CCN1CCO[C@@H](CNc2nc(C)cc(C)c2C#N)[C@@H]1c1cncn1C. The van der Waals surface area contributed by atoms with Crippen molar-refractivity contribution in [3.8, 4) is 6.07 Å². The van der Waals surface area contributed by atoms with E-state index < -0.39 is 0 Å². The summed E-state index contributed by atoms with van der Waals surface area (Å²) in [5.74, 6) is 0.631. The Bertz CT molecular complexity index is 809. The van der Waals surface area contributed by atoms with Gasteiger partial charge in [0.1, 0.15) is 11.9 Å². The number of aryl methyl sites for hydroxylation is 3. The van der Waals surface area contributed by atoms with Gasteiger partial charge in [-0.25, -0.2) is 9.97 Å². The van der Waals surface area contributed by atoms with Crippen molar-refractivity contribution in [2.75, 3.05) is 31.6 Å². The molecule has 1 aliphatic heterocycles. The Kier molecular flexibility index (Phi) is 5.55. The van der Waals surface area contributed by atoms with Crippen molar-refractivity contribution in [2.24, 2.45) is 7.05 Å². The molecule has 0 amide bonds. The third-order valence-corrected chi connectivity index (χ3v) is 4.95. The van der Waals surface area contributed by atoms with E-state index in [1.807, 2.05) is 44.1 Å². The molecule has 3 rings (SSSR count). The van der Waals surface area contributed by atoms with E-state index in [4.69, 9.17) is 4.74 Å². The Labute approximate surface area is 154 Å². The molecule has 1 fully saturated rings. The van der Waals surface area contributed by atoms with Crippen LogP contribution >= 0.6 is 0 Å². The van der Waals surface area contributed by atoms with E-state index in [1.54, 1.807) is 0 Å². The van der Waals surface area contributed by atoms with Gasteiger partial charge in [-0.2, -0.15) is 5.26 Å². The van der Waals surface area contributed by atoms with Gasteiger partial charge in [0.2, 0.25) is 0 Å². The number of pyridine rings is 1. The summed E-state index contributed by atoms with van der Waals surface area (Å²) in [7, 11) is 2.01. The van der Waals surface area contributed by atoms with Crippen molar-refractivity contribution in [1.29, 1.82) is 5.26 Å². The maximum Gasteiger partial charge on any atom is 0.144 e. The normalized spacial score (nSPS) is 20.7. The molecule has 0 aromatic carbocycles. The molecule has 1 aliphatic rings. The predicted molar refractivity (Wildman–Crippen MR) is 99.9 cm³/mol.